The molecule has 5 heteroatoms. The average Bonchev–Trinajstić information content (AvgIpc) is 2.90. The first-order chi connectivity index (χ1) is 10.3. The summed E-state index contributed by atoms with van der Waals surface area (Å²) >= 11 is 0. The van der Waals surface area contributed by atoms with Gasteiger partial charge in [0.25, 0.3) is 0 Å². The molecule has 2 heterocycles. The molecule has 1 aromatic carbocycles. The van der Waals surface area contributed by atoms with Crippen LogP contribution in [0.3, 0.4) is 0 Å². The Hall–Kier alpha value is -2.01. The monoisotopic (exact) mass is 287 g/mol. The summed E-state index contributed by atoms with van der Waals surface area (Å²) in [5, 5.41) is 7.91. The molecular weight excluding hydrogens is 266 g/mol. The summed E-state index contributed by atoms with van der Waals surface area (Å²) in [6.07, 6.45) is 4.16. The highest BCUT2D eigenvalue weighted by Crippen LogP contribution is 2.29. The van der Waals surface area contributed by atoms with Crippen LogP contribution in [0.15, 0.2) is 30.5 Å². The Morgan fingerprint density at radius 2 is 2.00 bits per heavy atom. The van der Waals surface area contributed by atoms with Gasteiger partial charge in [0.15, 0.2) is 5.75 Å². The highest BCUT2D eigenvalue weighted by molar-refractivity contribution is 5.36. The minimum atomic E-state index is 0.423. The molecule has 1 aliphatic rings. The molecule has 0 aliphatic carbocycles. The molecular formula is C16H21N3O2. The zero-order valence-corrected chi connectivity index (χ0v) is 12.5. The normalized spacial score (nSPS) is 18.5. The predicted molar refractivity (Wildman–Crippen MR) is 81.2 cm³/mol. The van der Waals surface area contributed by atoms with Crippen molar-refractivity contribution in [3.05, 3.63) is 36.2 Å². The van der Waals surface area contributed by atoms with Gasteiger partial charge in [-0.3, -0.25) is 4.68 Å². The van der Waals surface area contributed by atoms with Gasteiger partial charge in [0.1, 0.15) is 11.5 Å². The Morgan fingerprint density at radius 3 is 2.67 bits per heavy atom. The first-order valence-electron chi connectivity index (χ1n) is 7.34. The number of piperidine rings is 1. The second-order valence-electron chi connectivity index (χ2n) is 5.32. The summed E-state index contributed by atoms with van der Waals surface area (Å²) in [6, 6.07) is 8.00. The Kier molecular flexibility index (Phi) is 4.10. The third kappa shape index (κ3) is 3.03. The lowest BCUT2D eigenvalue weighted by molar-refractivity contribution is 0.340. The van der Waals surface area contributed by atoms with Crippen molar-refractivity contribution < 1.29 is 9.47 Å². The Balaban J connectivity index is 1.74. The van der Waals surface area contributed by atoms with Crippen LogP contribution in [-0.4, -0.2) is 30.0 Å². The summed E-state index contributed by atoms with van der Waals surface area (Å²) in [7, 11) is 1.66. The molecule has 1 aliphatic heterocycles. The number of ether oxygens (including phenoxy) is 2. The summed E-state index contributed by atoms with van der Waals surface area (Å²) in [4.78, 5) is 0. The highest BCUT2D eigenvalue weighted by Gasteiger charge is 2.19. The molecule has 1 atom stereocenters. The molecule has 1 aromatic heterocycles. The van der Waals surface area contributed by atoms with E-state index >= 15 is 0 Å². The number of aromatic nitrogens is 2. The maximum atomic E-state index is 5.92. The Labute approximate surface area is 124 Å². The molecule has 0 amide bonds. The summed E-state index contributed by atoms with van der Waals surface area (Å²) in [5.74, 6) is 2.43. The van der Waals surface area contributed by atoms with Gasteiger partial charge in [0.05, 0.1) is 25.0 Å². The molecule has 5 nitrogen and oxygen atoms in total. The number of nitrogens with zero attached hydrogens (tertiary/aromatic N) is 2. The van der Waals surface area contributed by atoms with E-state index in [0.717, 1.165) is 42.5 Å². The number of methoxy groups -OCH3 is 1. The maximum Gasteiger partial charge on any atom is 0.168 e. The van der Waals surface area contributed by atoms with E-state index in [0.29, 0.717) is 6.04 Å². The molecule has 1 saturated heterocycles. The van der Waals surface area contributed by atoms with E-state index < -0.39 is 0 Å². The second-order valence-corrected chi connectivity index (χ2v) is 5.32. The third-order valence-electron chi connectivity index (χ3n) is 3.90. The van der Waals surface area contributed by atoms with Gasteiger partial charge in [-0.05, 0) is 50.6 Å². The smallest absolute Gasteiger partial charge is 0.168 e. The fourth-order valence-corrected chi connectivity index (χ4v) is 2.69. The molecule has 0 radical (unpaired) electrons. The van der Waals surface area contributed by atoms with Gasteiger partial charge in [-0.2, -0.15) is 5.10 Å². The molecule has 0 spiro atoms. The predicted octanol–water partition coefficient (Wildman–Crippen LogP) is 2.92. The summed E-state index contributed by atoms with van der Waals surface area (Å²) < 4.78 is 13.1. The molecule has 2 aromatic rings. The van der Waals surface area contributed by atoms with Crippen LogP contribution in [0.1, 0.15) is 24.6 Å². The van der Waals surface area contributed by atoms with Crippen LogP contribution in [0.25, 0.3) is 0 Å². The first kappa shape index (κ1) is 13.9. The number of rotatable bonds is 4. The lowest BCUT2D eigenvalue weighted by Gasteiger charge is -2.24. The van der Waals surface area contributed by atoms with Crippen molar-refractivity contribution >= 4 is 0 Å². The van der Waals surface area contributed by atoms with Crippen molar-refractivity contribution in [1.82, 2.24) is 15.1 Å². The van der Waals surface area contributed by atoms with Gasteiger partial charge in [0, 0.05) is 6.54 Å². The van der Waals surface area contributed by atoms with Crippen LogP contribution in [0, 0.1) is 6.92 Å². The van der Waals surface area contributed by atoms with Crippen molar-refractivity contribution in [2.45, 2.75) is 25.8 Å². The van der Waals surface area contributed by atoms with Crippen molar-refractivity contribution in [2.75, 3.05) is 20.2 Å². The molecule has 0 bridgehead atoms. The minimum Gasteiger partial charge on any atom is -0.497 e. The van der Waals surface area contributed by atoms with Crippen molar-refractivity contribution in [2.24, 2.45) is 0 Å². The van der Waals surface area contributed by atoms with Gasteiger partial charge in [-0.15, -0.1) is 0 Å². The lowest BCUT2D eigenvalue weighted by Crippen LogP contribution is -2.32. The standard InChI is InChI=1S/C16H21N3O2/c1-12-16(21-15-7-5-14(20-2)6-8-15)11-18-19(12)13-4-3-9-17-10-13/h5-8,11,13,17H,3-4,9-10H2,1-2H3. The second kappa shape index (κ2) is 6.18. The van der Waals surface area contributed by atoms with E-state index in [1.165, 1.54) is 6.42 Å². The maximum absolute atomic E-state index is 5.92. The van der Waals surface area contributed by atoms with Gasteiger partial charge in [-0.25, -0.2) is 0 Å². The molecule has 21 heavy (non-hydrogen) atoms. The largest absolute Gasteiger partial charge is 0.497 e. The molecule has 1 fully saturated rings. The van der Waals surface area contributed by atoms with Crippen molar-refractivity contribution in [3.8, 4) is 17.2 Å². The minimum absolute atomic E-state index is 0.423. The van der Waals surface area contributed by atoms with Crippen LogP contribution in [0.5, 0.6) is 17.2 Å². The van der Waals surface area contributed by atoms with E-state index in [1.54, 1.807) is 13.3 Å². The van der Waals surface area contributed by atoms with Gasteiger partial charge >= 0.3 is 0 Å². The van der Waals surface area contributed by atoms with E-state index in [4.69, 9.17) is 9.47 Å². The molecule has 0 saturated carbocycles. The molecule has 1 unspecified atom stereocenters. The fraction of sp³-hybridized carbons (Fsp3) is 0.438. The van der Waals surface area contributed by atoms with Crippen LogP contribution >= 0.6 is 0 Å². The van der Waals surface area contributed by atoms with Crippen LogP contribution < -0.4 is 14.8 Å². The number of hydrogen-bond acceptors (Lipinski definition) is 4. The third-order valence-corrected chi connectivity index (χ3v) is 3.90. The van der Waals surface area contributed by atoms with Crippen molar-refractivity contribution in [1.29, 1.82) is 0 Å². The van der Waals surface area contributed by atoms with E-state index in [2.05, 4.69) is 22.0 Å². The van der Waals surface area contributed by atoms with Gasteiger partial charge < -0.3 is 14.8 Å². The number of benzene rings is 1. The van der Waals surface area contributed by atoms with E-state index in [9.17, 15) is 0 Å². The summed E-state index contributed by atoms with van der Waals surface area (Å²) in [5.41, 5.74) is 1.07. The van der Waals surface area contributed by atoms with Crippen LogP contribution in [0.4, 0.5) is 0 Å². The summed E-state index contributed by atoms with van der Waals surface area (Å²) in [6.45, 7) is 4.14. The Bertz CT molecular complexity index is 586. The first-order valence-corrected chi connectivity index (χ1v) is 7.34. The molecule has 1 N–H and O–H groups in total. The topological polar surface area (TPSA) is 48.3 Å². The van der Waals surface area contributed by atoms with Crippen molar-refractivity contribution in [3.63, 3.8) is 0 Å². The van der Waals surface area contributed by atoms with E-state index in [-0.39, 0.29) is 0 Å². The van der Waals surface area contributed by atoms with Crippen LogP contribution in [0.2, 0.25) is 0 Å². The Morgan fingerprint density at radius 1 is 1.24 bits per heavy atom. The zero-order valence-electron chi connectivity index (χ0n) is 12.5. The molecule has 112 valence electrons. The fourth-order valence-electron chi connectivity index (χ4n) is 2.69. The van der Waals surface area contributed by atoms with E-state index in [1.807, 2.05) is 24.3 Å². The van der Waals surface area contributed by atoms with Gasteiger partial charge in [0.2, 0.25) is 0 Å². The zero-order chi connectivity index (χ0) is 14.7. The average molecular weight is 287 g/mol. The quantitative estimate of drug-likeness (QED) is 0.939. The highest BCUT2D eigenvalue weighted by atomic mass is 16.5. The SMILES string of the molecule is COc1ccc(Oc2cnn(C3CCCNC3)c2C)cc1. The van der Waals surface area contributed by atoms with Crippen LogP contribution in [-0.2, 0) is 0 Å². The number of nitrogens with one attached hydrogen (secondary N) is 1. The number of hydrogen-bond donors (Lipinski definition) is 1. The lowest BCUT2D eigenvalue weighted by atomic mass is 10.1. The molecule has 3 rings (SSSR count). The van der Waals surface area contributed by atoms with Gasteiger partial charge in [-0.1, -0.05) is 0 Å².